The topological polar surface area (TPSA) is 44.8 Å². The maximum absolute atomic E-state index is 11.0. The van der Waals surface area contributed by atoms with Gasteiger partial charge in [0.1, 0.15) is 0 Å². The molecule has 4 heteroatoms. The first-order valence-electron chi connectivity index (χ1n) is 4.34. The van der Waals surface area contributed by atoms with Crippen LogP contribution in [0.3, 0.4) is 0 Å². The van der Waals surface area contributed by atoms with Crippen LogP contribution in [-0.2, 0) is 19.0 Å². The van der Waals surface area contributed by atoms with Gasteiger partial charge < -0.3 is 14.2 Å². The number of carbonyl (C=O) groups excluding carboxylic acids is 1. The van der Waals surface area contributed by atoms with E-state index >= 15 is 0 Å². The van der Waals surface area contributed by atoms with Crippen molar-refractivity contribution < 1.29 is 19.0 Å². The second-order valence-corrected chi connectivity index (χ2v) is 2.66. The lowest BCUT2D eigenvalue weighted by Crippen LogP contribution is -2.05. The summed E-state index contributed by atoms with van der Waals surface area (Å²) < 4.78 is 15.1. The fourth-order valence-electron chi connectivity index (χ4n) is 1.000. The van der Waals surface area contributed by atoms with Crippen LogP contribution in [0.25, 0.3) is 0 Å². The first-order chi connectivity index (χ1) is 6.33. The van der Waals surface area contributed by atoms with Crippen LogP contribution >= 0.6 is 0 Å². The highest BCUT2D eigenvalue weighted by atomic mass is 16.5. The molecule has 0 spiro atoms. The molecule has 74 valence electrons. The van der Waals surface area contributed by atoms with Crippen molar-refractivity contribution in [3.8, 4) is 0 Å². The molecule has 1 rings (SSSR count). The van der Waals surface area contributed by atoms with Gasteiger partial charge in [-0.3, -0.25) is 0 Å². The number of hydrogen-bond acceptors (Lipinski definition) is 4. The highest BCUT2D eigenvalue weighted by Gasteiger charge is 2.06. The number of rotatable bonds is 2. The summed E-state index contributed by atoms with van der Waals surface area (Å²) in [4.78, 5) is 11.0. The van der Waals surface area contributed by atoms with E-state index < -0.39 is 0 Å². The second-order valence-electron chi connectivity index (χ2n) is 2.66. The average molecular weight is 186 g/mol. The minimum Gasteiger partial charge on any atom is -0.463 e. The molecule has 0 bridgehead atoms. The van der Waals surface area contributed by atoms with E-state index in [9.17, 15) is 4.79 Å². The van der Waals surface area contributed by atoms with Crippen LogP contribution in [0.5, 0.6) is 0 Å². The molecule has 0 amide bonds. The van der Waals surface area contributed by atoms with E-state index in [2.05, 4.69) is 0 Å². The highest BCUT2D eigenvalue weighted by Crippen LogP contribution is 2.02. The molecule has 0 aromatic heterocycles. The van der Waals surface area contributed by atoms with Gasteiger partial charge in [-0.05, 0) is 12.5 Å². The minimum atomic E-state index is -0.327. The third-order valence-electron chi connectivity index (χ3n) is 1.56. The Morgan fingerprint density at radius 3 is 2.62 bits per heavy atom. The van der Waals surface area contributed by atoms with Gasteiger partial charge in [-0.2, -0.15) is 0 Å². The van der Waals surface area contributed by atoms with Gasteiger partial charge in [0.2, 0.25) is 0 Å². The van der Waals surface area contributed by atoms with E-state index in [0.29, 0.717) is 33.0 Å². The highest BCUT2D eigenvalue weighted by molar-refractivity contribution is 5.82. The Balaban J connectivity index is 2.42. The Morgan fingerprint density at radius 1 is 1.46 bits per heavy atom. The Morgan fingerprint density at radius 2 is 2.08 bits per heavy atom. The van der Waals surface area contributed by atoms with Gasteiger partial charge in [-0.15, -0.1) is 0 Å². The summed E-state index contributed by atoms with van der Waals surface area (Å²) in [5.74, 6) is -0.327. The molecule has 0 unspecified atom stereocenters. The Bertz CT molecular complexity index is 188. The van der Waals surface area contributed by atoms with Crippen LogP contribution in [0, 0.1) is 0 Å². The molecule has 1 aliphatic heterocycles. The largest absolute Gasteiger partial charge is 0.463 e. The third-order valence-corrected chi connectivity index (χ3v) is 1.56. The fourth-order valence-corrected chi connectivity index (χ4v) is 1.000. The van der Waals surface area contributed by atoms with Gasteiger partial charge in [0.15, 0.2) is 0 Å². The summed E-state index contributed by atoms with van der Waals surface area (Å²) >= 11 is 0. The molecule has 1 saturated heterocycles. The van der Waals surface area contributed by atoms with Crippen molar-refractivity contribution in [1.29, 1.82) is 0 Å². The van der Waals surface area contributed by atoms with Crippen molar-refractivity contribution in [2.75, 3.05) is 33.0 Å². The zero-order valence-corrected chi connectivity index (χ0v) is 7.75. The maximum Gasteiger partial charge on any atom is 0.330 e. The van der Waals surface area contributed by atoms with Crippen molar-refractivity contribution in [2.24, 2.45) is 0 Å². The molecule has 13 heavy (non-hydrogen) atoms. The van der Waals surface area contributed by atoms with Crippen molar-refractivity contribution in [3.63, 3.8) is 0 Å². The van der Waals surface area contributed by atoms with Crippen LogP contribution in [0.1, 0.15) is 6.92 Å². The average Bonchev–Trinajstić information content (AvgIpc) is 2.33. The quantitative estimate of drug-likeness (QED) is 0.466. The summed E-state index contributed by atoms with van der Waals surface area (Å²) in [6, 6.07) is 0. The lowest BCUT2D eigenvalue weighted by atomic mass is 10.3. The number of carbonyl (C=O) groups is 1. The molecule has 0 radical (unpaired) electrons. The van der Waals surface area contributed by atoms with Crippen molar-refractivity contribution >= 4 is 5.97 Å². The number of hydrogen-bond donors (Lipinski definition) is 0. The van der Waals surface area contributed by atoms with Crippen LogP contribution in [0.15, 0.2) is 11.6 Å². The SMILES string of the molecule is CCOC(=O)C=C1COCCOC1. The molecule has 1 aliphatic rings. The molecule has 0 atom stereocenters. The lowest BCUT2D eigenvalue weighted by Gasteiger charge is -2.01. The zero-order valence-electron chi connectivity index (χ0n) is 7.75. The van der Waals surface area contributed by atoms with E-state index in [0.717, 1.165) is 5.57 Å². The summed E-state index contributed by atoms with van der Waals surface area (Å²) in [5, 5.41) is 0. The van der Waals surface area contributed by atoms with Crippen LogP contribution in [-0.4, -0.2) is 39.0 Å². The monoisotopic (exact) mass is 186 g/mol. The molecule has 0 aromatic rings. The Kier molecular flexibility index (Phi) is 4.49. The molecule has 1 heterocycles. The fraction of sp³-hybridized carbons (Fsp3) is 0.667. The van der Waals surface area contributed by atoms with Gasteiger partial charge in [0.25, 0.3) is 0 Å². The molecular formula is C9H14O4. The summed E-state index contributed by atoms with van der Waals surface area (Å²) in [6.45, 7) is 4.25. The van der Waals surface area contributed by atoms with E-state index in [4.69, 9.17) is 14.2 Å². The molecular weight excluding hydrogens is 172 g/mol. The van der Waals surface area contributed by atoms with E-state index in [1.165, 1.54) is 6.08 Å². The van der Waals surface area contributed by atoms with E-state index in [-0.39, 0.29) is 5.97 Å². The first kappa shape index (κ1) is 10.2. The number of ether oxygens (including phenoxy) is 3. The van der Waals surface area contributed by atoms with Crippen LogP contribution in [0.4, 0.5) is 0 Å². The predicted octanol–water partition coefficient (Wildman–Crippen LogP) is 0.523. The summed E-state index contributed by atoms with van der Waals surface area (Å²) in [5.41, 5.74) is 0.830. The molecule has 0 aliphatic carbocycles. The van der Waals surface area contributed by atoms with Gasteiger partial charge >= 0.3 is 5.97 Å². The van der Waals surface area contributed by atoms with Crippen LogP contribution in [0.2, 0.25) is 0 Å². The predicted molar refractivity (Wildman–Crippen MR) is 46.4 cm³/mol. The Labute approximate surface area is 77.5 Å². The van der Waals surface area contributed by atoms with Gasteiger partial charge in [0.05, 0.1) is 33.0 Å². The van der Waals surface area contributed by atoms with Crippen molar-refractivity contribution in [3.05, 3.63) is 11.6 Å². The molecule has 4 nitrogen and oxygen atoms in total. The van der Waals surface area contributed by atoms with Crippen LogP contribution < -0.4 is 0 Å². The van der Waals surface area contributed by atoms with Gasteiger partial charge in [-0.25, -0.2) is 4.79 Å². The Hall–Kier alpha value is -0.870. The summed E-state index contributed by atoms with van der Waals surface area (Å²) in [7, 11) is 0. The smallest absolute Gasteiger partial charge is 0.330 e. The second kappa shape index (κ2) is 5.72. The third kappa shape index (κ3) is 4.05. The van der Waals surface area contributed by atoms with Gasteiger partial charge in [0, 0.05) is 6.08 Å². The lowest BCUT2D eigenvalue weighted by molar-refractivity contribution is -0.137. The zero-order chi connectivity index (χ0) is 9.52. The van der Waals surface area contributed by atoms with Crippen molar-refractivity contribution in [2.45, 2.75) is 6.92 Å². The van der Waals surface area contributed by atoms with E-state index in [1.807, 2.05) is 0 Å². The maximum atomic E-state index is 11.0. The van der Waals surface area contributed by atoms with Gasteiger partial charge in [-0.1, -0.05) is 0 Å². The molecule has 1 fully saturated rings. The normalized spacial score (nSPS) is 17.8. The number of esters is 1. The molecule has 0 saturated carbocycles. The van der Waals surface area contributed by atoms with E-state index in [1.54, 1.807) is 6.92 Å². The summed E-state index contributed by atoms with van der Waals surface area (Å²) in [6.07, 6.45) is 1.44. The molecule has 0 aromatic carbocycles. The van der Waals surface area contributed by atoms with Crippen molar-refractivity contribution in [1.82, 2.24) is 0 Å². The minimum absolute atomic E-state index is 0.327. The standard InChI is InChI=1S/C9H14O4/c1-2-13-9(10)5-8-6-11-3-4-12-7-8/h5H,2-4,6-7H2,1H3. The molecule has 0 N–H and O–H groups in total. The first-order valence-corrected chi connectivity index (χ1v) is 4.34.